The molecule has 0 N–H and O–H groups in total. The highest BCUT2D eigenvalue weighted by atomic mass is 33.1. The number of methoxy groups -OCH3 is 1. The highest BCUT2D eigenvalue weighted by Gasteiger charge is 2.00. The predicted octanol–water partition coefficient (Wildman–Crippen LogP) is 2.94. The van der Waals surface area contributed by atoms with Crippen LogP contribution in [0.25, 0.3) is 0 Å². The Balaban J connectivity index is 3.06. The molecule has 0 spiro atoms. The average Bonchev–Trinajstić information content (AvgIpc) is 2.04. The van der Waals surface area contributed by atoms with Crippen molar-refractivity contribution in [2.75, 3.05) is 7.11 Å². The van der Waals surface area contributed by atoms with Gasteiger partial charge in [-0.05, 0) is 24.6 Å². The van der Waals surface area contributed by atoms with Gasteiger partial charge in [0.1, 0.15) is 5.75 Å². The monoisotopic (exact) mass is 186 g/mol. The molecule has 3 heteroatoms. The van der Waals surface area contributed by atoms with Crippen LogP contribution >= 0.6 is 22.5 Å². The third-order valence-corrected chi connectivity index (χ3v) is 2.52. The van der Waals surface area contributed by atoms with Crippen LogP contribution in [-0.4, -0.2) is 7.11 Å². The second-order valence-electron chi connectivity index (χ2n) is 2.25. The fourth-order valence-corrected chi connectivity index (χ4v) is 1.76. The van der Waals surface area contributed by atoms with Crippen molar-refractivity contribution < 1.29 is 4.74 Å². The molecule has 0 aliphatic rings. The van der Waals surface area contributed by atoms with Crippen molar-refractivity contribution in [3.8, 4) is 5.75 Å². The zero-order valence-corrected chi connectivity index (χ0v) is 8.21. The van der Waals surface area contributed by atoms with Crippen LogP contribution in [0.3, 0.4) is 0 Å². The van der Waals surface area contributed by atoms with Crippen molar-refractivity contribution in [2.45, 2.75) is 11.8 Å². The SMILES string of the molecule is COc1ccc(C)cc1SS. The van der Waals surface area contributed by atoms with Gasteiger partial charge in [-0.2, -0.15) is 0 Å². The van der Waals surface area contributed by atoms with Crippen LogP contribution in [0.15, 0.2) is 23.1 Å². The second-order valence-corrected chi connectivity index (χ2v) is 3.42. The minimum absolute atomic E-state index is 0.885. The smallest absolute Gasteiger partial charge is 0.133 e. The van der Waals surface area contributed by atoms with Crippen LogP contribution in [-0.2, 0) is 0 Å². The summed E-state index contributed by atoms with van der Waals surface area (Å²) in [5, 5.41) is 0. The normalized spacial score (nSPS) is 9.73. The molecule has 0 fully saturated rings. The first-order valence-electron chi connectivity index (χ1n) is 3.24. The van der Waals surface area contributed by atoms with Gasteiger partial charge in [0.15, 0.2) is 0 Å². The Morgan fingerprint density at radius 2 is 2.18 bits per heavy atom. The Morgan fingerprint density at radius 3 is 2.73 bits per heavy atom. The van der Waals surface area contributed by atoms with Crippen LogP contribution in [0.4, 0.5) is 0 Å². The quantitative estimate of drug-likeness (QED) is 0.561. The van der Waals surface area contributed by atoms with E-state index in [0.717, 1.165) is 10.6 Å². The summed E-state index contributed by atoms with van der Waals surface area (Å²) in [7, 11) is 3.07. The third-order valence-electron chi connectivity index (χ3n) is 1.42. The van der Waals surface area contributed by atoms with Gasteiger partial charge in [-0.3, -0.25) is 0 Å². The van der Waals surface area contributed by atoms with Crippen molar-refractivity contribution in [1.29, 1.82) is 0 Å². The molecule has 1 aromatic carbocycles. The van der Waals surface area contributed by atoms with Crippen LogP contribution in [0.2, 0.25) is 0 Å². The Bertz CT molecular complexity index is 248. The highest BCUT2D eigenvalue weighted by molar-refractivity contribution is 8.68. The summed E-state index contributed by atoms with van der Waals surface area (Å²) >= 11 is 4.12. The Labute approximate surface area is 76.0 Å². The largest absolute Gasteiger partial charge is 0.496 e. The highest BCUT2D eigenvalue weighted by Crippen LogP contribution is 2.31. The first-order chi connectivity index (χ1) is 5.27. The fraction of sp³-hybridized carbons (Fsp3) is 0.250. The van der Waals surface area contributed by atoms with E-state index < -0.39 is 0 Å². The van der Waals surface area contributed by atoms with E-state index in [9.17, 15) is 0 Å². The van der Waals surface area contributed by atoms with Gasteiger partial charge in [-0.1, -0.05) is 16.9 Å². The molecule has 11 heavy (non-hydrogen) atoms. The molecule has 0 saturated carbocycles. The lowest BCUT2D eigenvalue weighted by Gasteiger charge is -2.05. The number of benzene rings is 1. The predicted molar refractivity (Wildman–Crippen MR) is 52.6 cm³/mol. The molecule has 0 aliphatic heterocycles. The number of hydrogen-bond donors (Lipinski definition) is 1. The molecule has 0 aromatic heterocycles. The Kier molecular flexibility index (Phi) is 3.15. The zero-order valence-electron chi connectivity index (χ0n) is 6.50. The topological polar surface area (TPSA) is 9.23 Å². The molecule has 0 bridgehead atoms. The van der Waals surface area contributed by atoms with Gasteiger partial charge < -0.3 is 4.74 Å². The van der Waals surface area contributed by atoms with E-state index in [1.54, 1.807) is 7.11 Å². The molecule has 1 aromatic rings. The molecule has 0 heterocycles. The van der Waals surface area contributed by atoms with Gasteiger partial charge in [0.25, 0.3) is 0 Å². The van der Waals surface area contributed by atoms with Gasteiger partial charge >= 0.3 is 0 Å². The van der Waals surface area contributed by atoms with E-state index >= 15 is 0 Å². The van der Waals surface area contributed by atoms with Crippen LogP contribution in [0, 0.1) is 6.92 Å². The third kappa shape index (κ3) is 2.07. The summed E-state index contributed by atoms with van der Waals surface area (Å²) in [6.45, 7) is 2.05. The maximum absolute atomic E-state index is 5.12. The lowest BCUT2D eigenvalue weighted by Crippen LogP contribution is -1.85. The number of thiol groups is 1. The van der Waals surface area contributed by atoms with Crippen molar-refractivity contribution in [1.82, 2.24) is 0 Å². The maximum Gasteiger partial charge on any atom is 0.133 e. The molecule has 0 aliphatic carbocycles. The summed E-state index contributed by atoms with van der Waals surface area (Å²) in [5.41, 5.74) is 1.22. The van der Waals surface area contributed by atoms with Crippen LogP contribution in [0.1, 0.15) is 5.56 Å². The van der Waals surface area contributed by atoms with Crippen molar-refractivity contribution >= 4 is 22.5 Å². The summed E-state index contributed by atoms with van der Waals surface area (Å²) in [6, 6.07) is 6.02. The fourth-order valence-electron chi connectivity index (χ4n) is 0.855. The molecular weight excluding hydrogens is 176 g/mol. The van der Waals surface area contributed by atoms with E-state index in [2.05, 4.69) is 17.7 Å². The summed E-state index contributed by atoms with van der Waals surface area (Å²) in [5.74, 6) is 0.885. The molecule has 0 radical (unpaired) electrons. The Hall–Kier alpha value is -0.280. The number of aryl methyl sites for hydroxylation is 1. The lowest BCUT2D eigenvalue weighted by atomic mass is 10.2. The van der Waals surface area contributed by atoms with Crippen molar-refractivity contribution in [3.05, 3.63) is 23.8 Å². The van der Waals surface area contributed by atoms with Crippen LogP contribution < -0.4 is 4.74 Å². The van der Waals surface area contributed by atoms with Gasteiger partial charge in [0, 0.05) is 0 Å². The molecule has 1 rings (SSSR count). The Morgan fingerprint density at radius 1 is 1.45 bits per heavy atom. The van der Waals surface area contributed by atoms with E-state index in [4.69, 9.17) is 4.74 Å². The van der Waals surface area contributed by atoms with Crippen LogP contribution in [0.5, 0.6) is 5.75 Å². The minimum Gasteiger partial charge on any atom is -0.496 e. The van der Waals surface area contributed by atoms with Gasteiger partial charge in [-0.15, -0.1) is 11.7 Å². The summed E-state index contributed by atoms with van der Waals surface area (Å²) in [4.78, 5) is 1.07. The molecule has 1 nitrogen and oxygen atoms in total. The maximum atomic E-state index is 5.12. The van der Waals surface area contributed by atoms with E-state index in [0.29, 0.717) is 0 Å². The zero-order chi connectivity index (χ0) is 8.27. The van der Waals surface area contributed by atoms with E-state index in [1.165, 1.54) is 16.4 Å². The molecule has 0 saturated heterocycles. The standard InChI is InChI=1S/C8H10OS2/c1-6-3-4-7(9-2)8(5-6)11-10/h3-5,10H,1-2H3. The lowest BCUT2D eigenvalue weighted by molar-refractivity contribution is 0.405. The molecule has 0 unspecified atom stereocenters. The average molecular weight is 186 g/mol. The van der Waals surface area contributed by atoms with E-state index in [1.807, 2.05) is 19.1 Å². The van der Waals surface area contributed by atoms with Crippen molar-refractivity contribution in [2.24, 2.45) is 0 Å². The van der Waals surface area contributed by atoms with E-state index in [-0.39, 0.29) is 0 Å². The number of hydrogen-bond acceptors (Lipinski definition) is 3. The minimum atomic E-state index is 0.885. The molecule has 0 amide bonds. The van der Waals surface area contributed by atoms with Gasteiger partial charge in [0.2, 0.25) is 0 Å². The number of rotatable bonds is 2. The van der Waals surface area contributed by atoms with Gasteiger partial charge in [0.05, 0.1) is 12.0 Å². The summed E-state index contributed by atoms with van der Waals surface area (Å²) < 4.78 is 5.12. The molecule has 60 valence electrons. The van der Waals surface area contributed by atoms with Crippen molar-refractivity contribution in [3.63, 3.8) is 0 Å². The summed E-state index contributed by atoms with van der Waals surface area (Å²) in [6.07, 6.45) is 0. The number of ether oxygens (including phenoxy) is 1. The first kappa shape index (κ1) is 8.81. The first-order valence-corrected chi connectivity index (χ1v) is 5.11. The molecule has 0 atom stereocenters. The van der Waals surface area contributed by atoms with Gasteiger partial charge in [-0.25, -0.2) is 0 Å². The second kappa shape index (κ2) is 3.93. The molecular formula is C8H10OS2.